The highest BCUT2D eigenvalue weighted by molar-refractivity contribution is 5.92. The van der Waals surface area contributed by atoms with E-state index in [1.54, 1.807) is 33.8 Å². The summed E-state index contributed by atoms with van der Waals surface area (Å²) in [5.41, 5.74) is 0.221. The Labute approximate surface area is 171 Å². The number of ether oxygens (including phenoxy) is 3. The van der Waals surface area contributed by atoms with Crippen LogP contribution in [0, 0.1) is 0 Å². The van der Waals surface area contributed by atoms with Gasteiger partial charge < -0.3 is 19.5 Å². The molecule has 1 aromatic carbocycles. The van der Waals surface area contributed by atoms with Gasteiger partial charge in [-0.25, -0.2) is 14.4 Å². The second kappa shape index (κ2) is 12.4. The Balaban J connectivity index is 2.41. The van der Waals surface area contributed by atoms with Gasteiger partial charge in [0.2, 0.25) is 0 Å². The van der Waals surface area contributed by atoms with Crippen LogP contribution in [-0.2, 0) is 25.6 Å². The van der Waals surface area contributed by atoms with Gasteiger partial charge in [0.15, 0.2) is 0 Å². The first-order valence-corrected chi connectivity index (χ1v) is 9.53. The summed E-state index contributed by atoms with van der Waals surface area (Å²) in [4.78, 5) is 35.6. The number of carbonyl (C=O) groups excluding carboxylic acids is 3. The molecule has 0 fully saturated rings. The molecule has 2 amide bonds. The summed E-state index contributed by atoms with van der Waals surface area (Å²) in [7, 11) is 0. The first kappa shape index (κ1) is 24.0. The second-order valence-electron chi connectivity index (χ2n) is 7.10. The van der Waals surface area contributed by atoms with Crippen molar-refractivity contribution in [1.82, 2.24) is 10.6 Å². The van der Waals surface area contributed by atoms with Crippen LogP contribution in [0.4, 0.5) is 9.59 Å². The van der Waals surface area contributed by atoms with Crippen molar-refractivity contribution in [2.75, 3.05) is 13.2 Å². The molecule has 0 atom stereocenters. The largest absolute Gasteiger partial charge is 0.461 e. The van der Waals surface area contributed by atoms with E-state index in [0.29, 0.717) is 19.4 Å². The first-order valence-electron chi connectivity index (χ1n) is 9.53. The van der Waals surface area contributed by atoms with Crippen molar-refractivity contribution in [3.05, 3.63) is 47.7 Å². The van der Waals surface area contributed by atoms with E-state index in [9.17, 15) is 14.4 Å². The van der Waals surface area contributed by atoms with Gasteiger partial charge in [0.05, 0.1) is 6.61 Å². The Morgan fingerprint density at radius 1 is 1.03 bits per heavy atom. The Morgan fingerprint density at radius 2 is 1.72 bits per heavy atom. The van der Waals surface area contributed by atoms with E-state index in [-0.39, 0.29) is 18.9 Å². The number of esters is 1. The number of hydrogen-bond acceptors (Lipinski definition) is 6. The van der Waals surface area contributed by atoms with Gasteiger partial charge in [-0.3, -0.25) is 5.32 Å². The van der Waals surface area contributed by atoms with Gasteiger partial charge in [0, 0.05) is 6.54 Å². The third-order valence-electron chi connectivity index (χ3n) is 3.34. The number of amides is 2. The minimum atomic E-state index is -0.737. The van der Waals surface area contributed by atoms with E-state index < -0.39 is 23.8 Å². The van der Waals surface area contributed by atoms with Crippen LogP contribution in [0.15, 0.2) is 42.1 Å². The molecular formula is C21H30N2O6. The minimum absolute atomic E-state index is 0.00718. The van der Waals surface area contributed by atoms with Crippen LogP contribution in [0.25, 0.3) is 0 Å². The van der Waals surface area contributed by atoms with Crippen molar-refractivity contribution in [3.63, 3.8) is 0 Å². The SMILES string of the molecule is CCOC(=O)/C(=C\CCCNC(=O)OCc1ccccc1)NC(=O)OC(C)(C)C. The maximum atomic E-state index is 12.0. The topological polar surface area (TPSA) is 103 Å². The number of alkyl carbamates (subject to hydrolysis) is 2. The van der Waals surface area contributed by atoms with E-state index in [0.717, 1.165) is 5.56 Å². The fraction of sp³-hybridized carbons (Fsp3) is 0.476. The summed E-state index contributed by atoms with van der Waals surface area (Å²) in [5.74, 6) is -0.645. The molecular weight excluding hydrogens is 376 g/mol. The third kappa shape index (κ3) is 11.4. The Morgan fingerprint density at radius 3 is 2.34 bits per heavy atom. The maximum Gasteiger partial charge on any atom is 0.412 e. The van der Waals surface area contributed by atoms with Crippen molar-refractivity contribution in [1.29, 1.82) is 0 Å². The van der Waals surface area contributed by atoms with Crippen LogP contribution in [0.3, 0.4) is 0 Å². The number of allylic oxidation sites excluding steroid dienone is 1. The lowest BCUT2D eigenvalue weighted by atomic mass is 10.2. The average Bonchev–Trinajstić information content (AvgIpc) is 2.64. The highest BCUT2D eigenvalue weighted by atomic mass is 16.6. The average molecular weight is 406 g/mol. The molecule has 8 nitrogen and oxygen atoms in total. The van der Waals surface area contributed by atoms with Crippen LogP contribution in [-0.4, -0.2) is 36.9 Å². The smallest absolute Gasteiger partial charge is 0.412 e. The number of rotatable bonds is 9. The molecule has 0 saturated carbocycles. The molecule has 160 valence electrons. The lowest BCUT2D eigenvalue weighted by Crippen LogP contribution is -2.34. The summed E-state index contributed by atoms with van der Waals surface area (Å²) in [6.45, 7) is 7.58. The fourth-order valence-corrected chi connectivity index (χ4v) is 2.12. The Kier molecular flexibility index (Phi) is 10.3. The molecule has 0 radical (unpaired) electrons. The van der Waals surface area contributed by atoms with Gasteiger partial charge in [0.25, 0.3) is 0 Å². The molecule has 0 heterocycles. The van der Waals surface area contributed by atoms with Crippen molar-refractivity contribution in [2.45, 2.75) is 52.7 Å². The molecule has 0 aromatic heterocycles. The van der Waals surface area contributed by atoms with Crippen molar-refractivity contribution in [3.8, 4) is 0 Å². The summed E-state index contributed by atoms with van der Waals surface area (Å²) in [6, 6.07) is 9.36. The number of nitrogens with one attached hydrogen (secondary N) is 2. The molecule has 2 N–H and O–H groups in total. The predicted molar refractivity (Wildman–Crippen MR) is 108 cm³/mol. The van der Waals surface area contributed by atoms with Crippen molar-refractivity contribution >= 4 is 18.2 Å². The van der Waals surface area contributed by atoms with Crippen LogP contribution >= 0.6 is 0 Å². The number of benzene rings is 1. The normalized spacial score (nSPS) is 11.4. The molecule has 0 bridgehead atoms. The van der Waals surface area contributed by atoms with Crippen LogP contribution in [0.2, 0.25) is 0 Å². The molecule has 8 heteroatoms. The number of hydrogen-bond donors (Lipinski definition) is 2. The molecule has 0 aliphatic heterocycles. The zero-order chi connectivity index (χ0) is 21.7. The monoisotopic (exact) mass is 406 g/mol. The van der Waals surface area contributed by atoms with E-state index in [2.05, 4.69) is 10.6 Å². The summed E-state index contributed by atoms with van der Waals surface area (Å²) in [6.07, 6.45) is 1.26. The van der Waals surface area contributed by atoms with Crippen LogP contribution in [0.5, 0.6) is 0 Å². The Hall–Kier alpha value is -3.03. The quantitative estimate of drug-likeness (QED) is 0.281. The number of carbonyl (C=O) groups is 3. The van der Waals surface area contributed by atoms with E-state index in [4.69, 9.17) is 14.2 Å². The second-order valence-corrected chi connectivity index (χ2v) is 7.10. The minimum Gasteiger partial charge on any atom is -0.461 e. The highest BCUT2D eigenvalue weighted by Crippen LogP contribution is 2.08. The van der Waals surface area contributed by atoms with Gasteiger partial charge in [-0.1, -0.05) is 36.4 Å². The van der Waals surface area contributed by atoms with E-state index in [1.807, 2.05) is 30.3 Å². The Bertz CT molecular complexity index is 695. The maximum absolute atomic E-state index is 12.0. The number of unbranched alkanes of at least 4 members (excludes halogenated alkanes) is 1. The van der Waals surface area contributed by atoms with Crippen LogP contribution < -0.4 is 10.6 Å². The molecule has 0 aliphatic rings. The molecule has 0 saturated heterocycles. The molecule has 1 rings (SSSR count). The lowest BCUT2D eigenvalue weighted by molar-refractivity contribution is -0.139. The predicted octanol–water partition coefficient (Wildman–Crippen LogP) is 3.66. The van der Waals surface area contributed by atoms with Crippen LogP contribution in [0.1, 0.15) is 46.1 Å². The van der Waals surface area contributed by atoms with Gasteiger partial charge in [-0.2, -0.15) is 0 Å². The summed E-state index contributed by atoms with van der Waals surface area (Å²) < 4.78 is 15.2. The van der Waals surface area contributed by atoms with Gasteiger partial charge >= 0.3 is 18.2 Å². The van der Waals surface area contributed by atoms with E-state index in [1.165, 1.54) is 0 Å². The third-order valence-corrected chi connectivity index (χ3v) is 3.34. The fourth-order valence-electron chi connectivity index (χ4n) is 2.12. The molecule has 0 aliphatic carbocycles. The van der Waals surface area contributed by atoms with Gasteiger partial charge in [0.1, 0.15) is 17.9 Å². The zero-order valence-electron chi connectivity index (χ0n) is 17.4. The highest BCUT2D eigenvalue weighted by Gasteiger charge is 2.20. The lowest BCUT2D eigenvalue weighted by Gasteiger charge is -2.20. The molecule has 1 aromatic rings. The molecule has 0 unspecified atom stereocenters. The van der Waals surface area contributed by atoms with Gasteiger partial charge in [-0.15, -0.1) is 0 Å². The standard InChI is InChI=1S/C21H30N2O6/c1-5-27-18(24)17(23-20(26)29-21(2,3)4)13-9-10-14-22-19(25)28-15-16-11-7-6-8-12-16/h6-8,11-13H,5,9-10,14-15H2,1-4H3,(H,22,25)(H,23,26)/b17-13+. The van der Waals surface area contributed by atoms with E-state index >= 15 is 0 Å². The summed E-state index contributed by atoms with van der Waals surface area (Å²) >= 11 is 0. The van der Waals surface area contributed by atoms with Crippen molar-refractivity contribution < 1.29 is 28.6 Å². The zero-order valence-corrected chi connectivity index (χ0v) is 17.4. The van der Waals surface area contributed by atoms with Crippen molar-refractivity contribution in [2.24, 2.45) is 0 Å². The molecule has 0 spiro atoms. The van der Waals surface area contributed by atoms with Gasteiger partial charge in [-0.05, 0) is 46.1 Å². The summed E-state index contributed by atoms with van der Waals surface area (Å²) in [5, 5.41) is 5.04. The first-order chi connectivity index (χ1) is 13.7. The molecule has 29 heavy (non-hydrogen) atoms.